The molecule has 1 aromatic carbocycles. The summed E-state index contributed by atoms with van der Waals surface area (Å²) in [6.45, 7) is 2.09. The molecule has 0 aliphatic carbocycles. The molecule has 116 valence electrons. The number of nitrogens with one attached hydrogen (secondary N) is 2. The number of anilines is 1. The van der Waals surface area contributed by atoms with E-state index in [1.165, 1.54) is 0 Å². The maximum absolute atomic E-state index is 11.8. The van der Waals surface area contributed by atoms with Crippen LogP contribution in [0.25, 0.3) is 0 Å². The smallest absolute Gasteiger partial charge is 0.257 e. The monoisotopic (exact) mass is 310 g/mol. The number of hydrogen-bond donors (Lipinski definition) is 2. The van der Waals surface area contributed by atoms with Gasteiger partial charge in [0.1, 0.15) is 5.75 Å². The van der Waals surface area contributed by atoms with E-state index < -0.39 is 0 Å². The fraction of sp³-hybridized carbons (Fsp3) is 0.467. The van der Waals surface area contributed by atoms with Crippen LogP contribution >= 0.6 is 11.8 Å². The molecule has 0 saturated carbocycles. The van der Waals surface area contributed by atoms with E-state index in [9.17, 15) is 9.59 Å². The van der Waals surface area contributed by atoms with Crippen LogP contribution in [0.3, 0.4) is 0 Å². The lowest BCUT2D eigenvalue weighted by Crippen LogP contribution is -2.24. The number of ether oxygens (including phenoxy) is 1. The number of carbonyl (C=O) groups is 2. The second-order valence-electron chi connectivity index (χ2n) is 4.44. The van der Waals surface area contributed by atoms with Crippen LogP contribution in [0.2, 0.25) is 0 Å². The Labute approximate surface area is 129 Å². The van der Waals surface area contributed by atoms with Crippen LogP contribution in [0.5, 0.6) is 5.75 Å². The summed E-state index contributed by atoms with van der Waals surface area (Å²) in [6.07, 6.45) is 2.26. The normalized spacial score (nSPS) is 10.0. The van der Waals surface area contributed by atoms with Gasteiger partial charge in [-0.05, 0) is 24.3 Å². The van der Waals surface area contributed by atoms with Crippen molar-refractivity contribution in [1.82, 2.24) is 5.32 Å². The molecule has 0 heterocycles. The third kappa shape index (κ3) is 7.60. The second kappa shape index (κ2) is 10.1. The van der Waals surface area contributed by atoms with E-state index >= 15 is 0 Å². The Morgan fingerprint density at radius 1 is 1.29 bits per heavy atom. The van der Waals surface area contributed by atoms with Gasteiger partial charge < -0.3 is 15.4 Å². The fourth-order valence-electron chi connectivity index (χ4n) is 1.49. The number of unbranched alkanes of at least 4 members (excludes halogenated alkanes) is 1. The standard InChI is InChI=1S/C15H22N2O3S/c1-3-4-8-21-11-15(19)17-12-6-5-7-13(9-12)20-10-14(18)16-2/h5-7,9H,3-4,8,10-11H2,1-2H3,(H,16,18)(H,17,19). The molecule has 1 rings (SSSR count). The van der Waals surface area contributed by atoms with Crippen molar-refractivity contribution in [2.75, 3.05) is 30.5 Å². The van der Waals surface area contributed by atoms with Crippen molar-refractivity contribution in [2.45, 2.75) is 19.8 Å². The van der Waals surface area contributed by atoms with Gasteiger partial charge in [-0.1, -0.05) is 19.4 Å². The van der Waals surface area contributed by atoms with Crippen molar-refractivity contribution in [3.05, 3.63) is 24.3 Å². The molecule has 0 aromatic heterocycles. The van der Waals surface area contributed by atoms with Crippen LogP contribution in [0.4, 0.5) is 5.69 Å². The van der Waals surface area contributed by atoms with Crippen LogP contribution < -0.4 is 15.4 Å². The summed E-state index contributed by atoms with van der Waals surface area (Å²) >= 11 is 1.63. The first-order valence-electron chi connectivity index (χ1n) is 6.96. The predicted octanol–water partition coefficient (Wildman–Crippen LogP) is 2.28. The Hall–Kier alpha value is -1.69. The Kier molecular flexibility index (Phi) is 8.35. The maximum Gasteiger partial charge on any atom is 0.257 e. The van der Waals surface area contributed by atoms with Gasteiger partial charge in [-0.15, -0.1) is 0 Å². The highest BCUT2D eigenvalue weighted by Crippen LogP contribution is 2.17. The molecule has 0 radical (unpaired) electrons. The average Bonchev–Trinajstić information content (AvgIpc) is 2.49. The van der Waals surface area contributed by atoms with Crippen LogP contribution in [0.15, 0.2) is 24.3 Å². The summed E-state index contributed by atoms with van der Waals surface area (Å²) in [5.74, 6) is 1.77. The van der Waals surface area contributed by atoms with Crippen molar-refractivity contribution in [3.63, 3.8) is 0 Å². The predicted molar refractivity (Wildman–Crippen MR) is 86.9 cm³/mol. The molecule has 0 atom stereocenters. The number of hydrogen-bond acceptors (Lipinski definition) is 4. The van der Waals surface area contributed by atoms with Crippen LogP contribution in [-0.2, 0) is 9.59 Å². The Morgan fingerprint density at radius 3 is 2.81 bits per heavy atom. The molecule has 6 heteroatoms. The molecule has 0 saturated heterocycles. The molecule has 0 aliphatic heterocycles. The van der Waals surface area contributed by atoms with Gasteiger partial charge in [0.15, 0.2) is 6.61 Å². The Bertz CT molecular complexity index is 466. The largest absolute Gasteiger partial charge is 0.484 e. The van der Waals surface area contributed by atoms with E-state index in [1.54, 1.807) is 43.1 Å². The number of likely N-dealkylation sites (N-methyl/N-ethyl adjacent to an activating group) is 1. The van der Waals surface area contributed by atoms with Gasteiger partial charge in [0.2, 0.25) is 5.91 Å². The molecule has 2 N–H and O–H groups in total. The van der Waals surface area contributed by atoms with Gasteiger partial charge in [-0.3, -0.25) is 9.59 Å². The van der Waals surface area contributed by atoms with Crippen LogP contribution in [0, 0.1) is 0 Å². The summed E-state index contributed by atoms with van der Waals surface area (Å²) < 4.78 is 5.33. The third-order valence-electron chi connectivity index (χ3n) is 2.64. The summed E-state index contributed by atoms with van der Waals surface area (Å²) in [6, 6.07) is 7.02. The fourth-order valence-corrected chi connectivity index (χ4v) is 2.39. The van der Waals surface area contributed by atoms with Gasteiger partial charge in [0, 0.05) is 18.8 Å². The minimum atomic E-state index is -0.197. The van der Waals surface area contributed by atoms with E-state index in [-0.39, 0.29) is 18.4 Å². The minimum Gasteiger partial charge on any atom is -0.484 e. The van der Waals surface area contributed by atoms with Crippen molar-refractivity contribution < 1.29 is 14.3 Å². The second-order valence-corrected chi connectivity index (χ2v) is 5.55. The van der Waals surface area contributed by atoms with Crippen molar-refractivity contribution in [2.24, 2.45) is 0 Å². The van der Waals surface area contributed by atoms with Gasteiger partial charge in [0.25, 0.3) is 5.91 Å². The van der Waals surface area contributed by atoms with E-state index in [4.69, 9.17) is 4.74 Å². The topological polar surface area (TPSA) is 67.4 Å². The summed E-state index contributed by atoms with van der Waals surface area (Å²) in [4.78, 5) is 22.9. The molecule has 2 amide bonds. The van der Waals surface area contributed by atoms with Gasteiger partial charge in [-0.2, -0.15) is 11.8 Å². The third-order valence-corrected chi connectivity index (χ3v) is 3.69. The van der Waals surface area contributed by atoms with E-state index in [0.717, 1.165) is 18.6 Å². The van der Waals surface area contributed by atoms with Crippen molar-refractivity contribution in [3.8, 4) is 5.75 Å². The van der Waals surface area contributed by atoms with Gasteiger partial charge in [-0.25, -0.2) is 0 Å². The number of thioether (sulfide) groups is 1. The maximum atomic E-state index is 11.8. The number of carbonyl (C=O) groups excluding carboxylic acids is 2. The minimum absolute atomic E-state index is 0.0282. The Morgan fingerprint density at radius 2 is 2.10 bits per heavy atom. The van der Waals surface area contributed by atoms with Crippen molar-refractivity contribution >= 4 is 29.3 Å². The molecule has 0 unspecified atom stereocenters. The first-order valence-corrected chi connectivity index (χ1v) is 8.12. The van der Waals surface area contributed by atoms with E-state index in [0.29, 0.717) is 17.2 Å². The quantitative estimate of drug-likeness (QED) is 0.687. The van der Waals surface area contributed by atoms with Crippen LogP contribution in [-0.4, -0.2) is 37.0 Å². The first-order chi connectivity index (χ1) is 10.2. The molecule has 0 fully saturated rings. The van der Waals surface area contributed by atoms with Gasteiger partial charge in [0.05, 0.1) is 5.75 Å². The molecule has 1 aromatic rings. The van der Waals surface area contributed by atoms with Crippen molar-refractivity contribution in [1.29, 1.82) is 0 Å². The first kappa shape index (κ1) is 17.4. The zero-order chi connectivity index (χ0) is 15.5. The molecule has 0 aliphatic rings. The lowest BCUT2D eigenvalue weighted by Gasteiger charge is -2.08. The molecule has 21 heavy (non-hydrogen) atoms. The van der Waals surface area contributed by atoms with E-state index in [2.05, 4.69) is 17.6 Å². The molecule has 5 nitrogen and oxygen atoms in total. The number of rotatable bonds is 9. The molecular weight excluding hydrogens is 288 g/mol. The Balaban J connectivity index is 2.41. The lowest BCUT2D eigenvalue weighted by atomic mass is 10.3. The van der Waals surface area contributed by atoms with Gasteiger partial charge >= 0.3 is 0 Å². The summed E-state index contributed by atoms with van der Waals surface area (Å²) in [5, 5.41) is 5.30. The number of benzene rings is 1. The molecular formula is C15H22N2O3S. The highest BCUT2D eigenvalue weighted by molar-refractivity contribution is 7.99. The zero-order valence-corrected chi connectivity index (χ0v) is 13.3. The van der Waals surface area contributed by atoms with E-state index in [1.807, 2.05) is 0 Å². The highest BCUT2D eigenvalue weighted by atomic mass is 32.2. The molecule has 0 bridgehead atoms. The highest BCUT2D eigenvalue weighted by Gasteiger charge is 2.04. The summed E-state index contributed by atoms with van der Waals surface area (Å²) in [7, 11) is 1.55. The average molecular weight is 310 g/mol. The number of amides is 2. The molecule has 0 spiro atoms. The van der Waals surface area contributed by atoms with Crippen LogP contribution in [0.1, 0.15) is 19.8 Å². The lowest BCUT2D eigenvalue weighted by molar-refractivity contribution is -0.122. The SMILES string of the molecule is CCCCSCC(=O)Nc1cccc(OCC(=O)NC)c1. The zero-order valence-electron chi connectivity index (χ0n) is 12.5. The summed E-state index contributed by atoms with van der Waals surface area (Å²) in [5.41, 5.74) is 0.672.